The molecular formula is C18H25F3N4O3S. The molecule has 1 aliphatic heterocycles. The molecule has 1 heterocycles. The molecule has 162 valence electrons. The van der Waals surface area contributed by atoms with Crippen LogP contribution in [0.25, 0.3) is 0 Å². The molecule has 0 radical (unpaired) electrons. The van der Waals surface area contributed by atoms with Crippen molar-refractivity contribution in [1.29, 1.82) is 0 Å². The first kappa shape index (κ1) is 23.0. The summed E-state index contributed by atoms with van der Waals surface area (Å²) in [5, 5.41) is 8.60. The average molecular weight is 434 g/mol. The van der Waals surface area contributed by atoms with Crippen LogP contribution in [-0.2, 0) is 27.4 Å². The molecule has 0 bridgehead atoms. The van der Waals surface area contributed by atoms with E-state index >= 15 is 0 Å². The van der Waals surface area contributed by atoms with Gasteiger partial charge in [0, 0.05) is 25.6 Å². The van der Waals surface area contributed by atoms with Gasteiger partial charge in [-0.2, -0.15) is 13.2 Å². The van der Waals surface area contributed by atoms with Gasteiger partial charge >= 0.3 is 6.18 Å². The second-order valence-electron chi connectivity index (χ2n) is 6.74. The predicted octanol–water partition coefficient (Wildman–Crippen LogP) is 1.45. The number of amides is 1. The normalized spacial score (nSPS) is 19.0. The highest BCUT2D eigenvalue weighted by atomic mass is 32.2. The first-order valence-electron chi connectivity index (χ1n) is 9.27. The standard InChI is InChI=1S/C18H25F3N4O3S/c1-2-22-17(24-11-13-4-3-5-14(10-13)18(19,20)21)23-8-6-16(26)25-15-7-9-29(27,28)12-15/h3-5,10,15H,2,6-9,11-12H2,1H3,(H,25,26)(H2,22,23,24). The second kappa shape index (κ2) is 9.95. The van der Waals surface area contributed by atoms with Crippen LogP contribution in [0.15, 0.2) is 29.3 Å². The number of hydrogen-bond donors (Lipinski definition) is 3. The zero-order valence-corrected chi connectivity index (χ0v) is 16.9. The molecule has 0 aromatic heterocycles. The Morgan fingerprint density at radius 2 is 2.03 bits per heavy atom. The minimum atomic E-state index is -4.41. The predicted molar refractivity (Wildman–Crippen MR) is 104 cm³/mol. The molecule has 11 heteroatoms. The number of carbonyl (C=O) groups excluding carboxylic acids is 1. The van der Waals surface area contributed by atoms with Crippen LogP contribution in [-0.4, -0.2) is 50.9 Å². The molecule has 1 unspecified atom stereocenters. The third-order valence-corrected chi connectivity index (χ3v) is 6.03. The maximum Gasteiger partial charge on any atom is 0.416 e. The van der Waals surface area contributed by atoms with Crippen LogP contribution in [0.2, 0.25) is 0 Å². The number of sulfone groups is 1. The number of alkyl halides is 3. The number of guanidine groups is 1. The Bertz CT molecular complexity index is 841. The summed E-state index contributed by atoms with van der Waals surface area (Å²) in [4.78, 5) is 16.2. The van der Waals surface area contributed by atoms with Crippen molar-refractivity contribution in [3.8, 4) is 0 Å². The summed E-state index contributed by atoms with van der Waals surface area (Å²) in [6.45, 7) is 2.68. The van der Waals surface area contributed by atoms with Gasteiger partial charge in [-0.05, 0) is 31.0 Å². The van der Waals surface area contributed by atoms with E-state index in [1.807, 2.05) is 6.92 Å². The van der Waals surface area contributed by atoms with Crippen LogP contribution in [0.4, 0.5) is 13.2 Å². The van der Waals surface area contributed by atoms with Gasteiger partial charge in [0.1, 0.15) is 0 Å². The third-order valence-electron chi connectivity index (χ3n) is 4.26. The third kappa shape index (κ3) is 7.92. The Kier molecular flexibility index (Phi) is 7.88. The summed E-state index contributed by atoms with van der Waals surface area (Å²) in [6, 6.07) is 4.60. The Labute approximate surface area is 168 Å². The zero-order valence-electron chi connectivity index (χ0n) is 16.1. The summed E-state index contributed by atoms with van der Waals surface area (Å²) < 4.78 is 61.2. The van der Waals surface area contributed by atoms with Crippen LogP contribution >= 0.6 is 0 Å². The Morgan fingerprint density at radius 1 is 1.28 bits per heavy atom. The summed E-state index contributed by atoms with van der Waals surface area (Å²) in [5.41, 5.74) is -0.314. The van der Waals surface area contributed by atoms with E-state index in [1.165, 1.54) is 6.07 Å². The number of nitrogens with one attached hydrogen (secondary N) is 3. The van der Waals surface area contributed by atoms with Crippen molar-refractivity contribution in [1.82, 2.24) is 16.0 Å². The fraction of sp³-hybridized carbons (Fsp3) is 0.556. The molecular weight excluding hydrogens is 409 g/mol. The molecule has 3 N–H and O–H groups in total. The highest BCUT2D eigenvalue weighted by Crippen LogP contribution is 2.29. The lowest BCUT2D eigenvalue weighted by Crippen LogP contribution is -2.41. The SMILES string of the molecule is CCNC(=NCc1cccc(C(F)(F)F)c1)NCCC(=O)NC1CCS(=O)(=O)C1. The summed E-state index contributed by atoms with van der Waals surface area (Å²) in [6.07, 6.45) is -3.87. The maximum atomic E-state index is 12.8. The van der Waals surface area contributed by atoms with Crippen molar-refractivity contribution < 1.29 is 26.4 Å². The highest BCUT2D eigenvalue weighted by molar-refractivity contribution is 7.91. The van der Waals surface area contributed by atoms with E-state index in [1.54, 1.807) is 6.07 Å². The second-order valence-corrected chi connectivity index (χ2v) is 8.97. The van der Waals surface area contributed by atoms with Crippen molar-refractivity contribution in [3.63, 3.8) is 0 Å². The van der Waals surface area contributed by atoms with Gasteiger partial charge in [-0.3, -0.25) is 4.79 Å². The van der Waals surface area contributed by atoms with Gasteiger partial charge in [-0.15, -0.1) is 0 Å². The van der Waals surface area contributed by atoms with E-state index in [-0.39, 0.29) is 43.0 Å². The number of carbonyl (C=O) groups is 1. The van der Waals surface area contributed by atoms with Gasteiger partial charge in [0.25, 0.3) is 0 Å². The maximum absolute atomic E-state index is 12.8. The molecule has 7 nitrogen and oxygen atoms in total. The number of benzene rings is 1. The van der Waals surface area contributed by atoms with Crippen molar-refractivity contribution in [2.45, 2.75) is 38.5 Å². The lowest BCUT2D eigenvalue weighted by Gasteiger charge is -2.13. The Balaban J connectivity index is 1.84. The minimum absolute atomic E-state index is 0.0345. The van der Waals surface area contributed by atoms with Crippen LogP contribution in [0.1, 0.15) is 30.9 Å². The minimum Gasteiger partial charge on any atom is -0.357 e. The topological polar surface area (TPSA) is 99.7 Å². The summed E-state index contributed by atoms with van der Waals surface area (Å²) in [7, 11) is -3.06. The lowest BCUT2D eigenvalue weighted by molar-refractivity contribution is -0.137. The van der Waals surface area contributed by atoms with E-state index in [4.69, 9.17) is 0 Å². The van der Waals surface area contributed by atoms with Crippen molar-refractivity contribution in [2.75, 3.05) is 24.6 Å². The lowest BCUT2D eigenvalue weighted by atomic mass is 10.1. The van der Waals surface area contributed by atoms with Crippen molar-refractivity contribution >= 4 is 21.7 Å². The number of rotatable bonds is 7. The Morgan fingerprint density at radius 3 is 2.66 bits per heavy atom. The van der Waals surface area contributed by atoms with Gasteiger partial charge in [-0.1, -0.05) is 12.1 Å². The molecule has 1 atom stereocenters. The van der Waals surface area contributed by atoms with Crippen LogP contribution in [0.5, 0.6) is 0 Å². The molecule has 1 saturated heterocycles. The largest absolute Gasteiger partial charge is 0.416 e. The van der Waals surface area contributed by atoms with E-state index < -0.39 is 21.6 Å². The number of nitrogens with zero attached hydrogens (tertiary/aromatic N) is 1. The first-order chi connectivity index (χ1) is 13.6. The molecule has 0 saturated carbocycles. The van der Waals surface area contributed by atoms with Crippen LogP contribution in [0.3, 0.4) is 0 Å². The fourth-order valence-electron chi connectivity index (χ4n) is 2.86. The molecule has 0 spiro atoms. The van der Waals surface area contributed by atoms with Crippen LogP contribution in [0, 0.1) is 0 Å². The van der Waals surface area contributed by atoms with Crippen molar-refractivity contribution in [2.24, 2.45) is 4.99 Å². The number of hydrogen-bond acceptors (Lipinski definition) is 4. The van der Waals surface area contributed by atoms with E-state index in [0.29, 0.717) is 24.5 Å². The zero-order chi connectivity index (χ0) is 21.5. The molecule has 1 aliphatic rings. The fourth-order valence-corrected chi connectivity index (χ4v) is 4.53. The van der Waals surface area contributed by atoms with Crippen LogP contribution < -0.4 is 16.0 Å². The van der Waals surface area contributed by atoms with Gasteiger partial charge < -0.3 is 16.0 Å². The number of halogens is 3. The smallest absolute Gasteiger partial charge is 0.357 e. The summed E-state index contributed by atoms with van der Waals surface area (Å²) in [5.74, 6) is 0.158. The van der Waals surface area contributed by atoms with E-state index in [0.717, 1.165) is 12.1 Å². The monoisotopic (exact) mass is 434 g/mol. The van der Waals surface area contributed by atoms with Gasteiger partial charge in [0.05, 0.1) is 23.6 Å². The first-order valence-corrected chi connectivity index (χ1v) is 11.1. The highest BCUT2D eigenvalue weighted by Gasteiger charge is 2.30. The Hall–Kier alpha value is -2.30. The van der Waals surface area contributed by atoms with Crippen molar-refractivity contribution in [3.05, 3.63) is 35.4 Å². The van der Waals surface area contributed by atoms with E-state index in [2.05, 4.69) is 20.9 Å². The molecule has 1 aromatic rings. The van der Waals surface area contributed by atoms with Gasteiger partial charge in [0.15, 0.2) is 15.8 Å². The molecule has 29 heavy (non-hydrogen) atoms. The molecule has 1 fully saturated rings. The van der Waals surface area contributed by atoms with E-state index in [9.17, 15) is 26.4 Å². The number of aliphatic imine (C=N–C) groups is 1. The van der Waals surface area contributed by atoms with Gasteiger partial charge in [-0.25, -0.2) is 13.4 Å². The quantitative estimate of drug-likeness (QED) is 0.446. The molecule has 1 aromatic carbocycles. The molecule has 2 rings (SSSR count). The molecule has 1 amide bonds. The summed E-state index contributed by atoms with van der Waals surface area (Å²) >= 11 is 0. The van der Waals surface area contributed by atoms with Gasteiger partial charge in [0.2, 0.25) is 5.91 Å². The average Bonchev–Trinajstić information content (AvgIpc) is 2.97. The molecule has 0 aliphatic carbocycles.